The Morgan fingerprint density at radius 1 is 1.11 bits per heavy atom. The summed E-state index contributed by atoms with van der Waals surface area (Å²) in [5.74, 6) is -2.43. The second-order valence-electron chi connectivity index (χ2n) is 9.30. The van der Waals surface area contributed by atoms with E-state index in [1.807, 2.05) is 12.1 Å². The highest BCUT2D eigenvalue weighted by Crippen LogP contribution is 2.39. The first kappa shape index (κ1) is 24.7. The van der Waals surface area contributed by atoms with Crippen molar-refractivity contribution in [3.8, 4) is 11.3 Å². The predicted molar refractivity (Wildman–Crippen MR) is 128 cm³/mol. The summed E-state index contributed by atoms with van der Waals surface area (Å²) in [6.07, 6.45) is 0.802. The number of halogens is 4. The van der Waals surface area contributed by atoms with Crippen molar-refractivity contribution < 1.29 is 27.2 Å². The van der Waals surface area contributed by atoms with Crippen LogP contribution >= 0.6 is 0 Å². The lowest BCUT2D eigenvalue weighted by Crippen LogP contribution is -2.51. The van der Waals surface area contributed by atoms with Crippen molar-refractivity contribution in [3.05, 3.63) is 66.1 Å². The van der Waals surface area contributed by atoms with Crippen molar-refractivity contribution in [1.29, 1.82) is 0 Å². The van der Waals surface area contributed by atoms with Gasteiger partial charge in [-0.3, -0.25) is 19.3 Å². The van der Waals surface area contributed by atoms with Crippen LogP contribution in [0.2, 0.25) is 0 Å². The van der Waals surface area contributed by atoms with Crippen LogP contribution in [-0.4, -0.2) is 44.6 Å². The topological polar surface area (TPSA) is 94.1 Å². The molecular formula is C26H23F4N5O2. The molecule has 5 rings (SSSR count). The molecule has 1 saturated heterocycles. The molecule has 2 aromatic heterocycles. The number of likely N-dealkylation sites (tertiary alicyclic amines) is 1. The fourth-order valence-electron chi connectivity index (χ4n) is 4.88. The molecule has 0 radical (unpaired) electrons. The van der Waals surface area contributed by atoms with Crippen molar-refractivity contribution in [3.63, 3.8) is 0 Å². The van der Waals surface area contributed by atoms with E-state index in [2.05, 4.69) is 11.6 Å². The van der Waals surface area contributed by atoms with E-state index in [4.69, 9.17) is 10.8 Å². The SMILES string of the molecule is C=C(F)C(=O)N1CC(n2nc(-c3ccc(C(F)(F)F)cc3)c3nccc(C4=CCC(C(N)=O)CC4)c32)C1. The molecule has 1 atom stereocenters. The van der Waals surface area contributed by atoms with Gasteiger partial charge in [0.25, 0.3) is 5.91 Å². The first-order chi connectivity index (χ1) is 17.5. The number of carbonyl (C=O) groups is 2. The highest BCUT2D eigenvalue weighted by molar-refractivity contribution is 5.97. The van der Waals surface area contributed by atoms with Gasteiger partial charge in [-0.25, -0.2) is 4.39 Å². The van der Waals surface area contributed by atoms with Gasteiger partial charge in [-0.2, -0.15) is 18.3 Å². The van der Waals surface area contributed by atoms with Crippen molar-refractivity contribution in [2.75, 3.05) is 13.1 Å². The summed E-state index contributed by atoms with van der Waals surface area (Å²) in [5, 5.41) is 4.73. The van der Waals surface area contributed by atoms with Gasteiger partial charge < -0.3 is 10.6 Å². The van der Waals surface area contributed by atoms with Crippen molar-refractivity contribution >= 4 is 28.4 Å². The molecule has 3 heterocycles. The van der Waals surface area contributed by atoms with Crippen molar-refractivity contribution in [1.82, 2.24) is 19.7 Å². The maximum absolute atomic E-state index is 13.3. The molecule has 2 aliphatic rings. The number of benzene rings is 1. The smallest absolute Gasteiger partial charge is 0.369 e. The molecule has 1 aliphatic heterocycles. The van der Waals surface area contributed by atoms with Gasteiger partial charge >= 0.3 is 6.18 Å². The molecule has 7 nitrogen and oxygen atoms in total. The molecular weight excluding hydrogens is 490 g/mol. The van der Waals surface area contributed by atoms with E-state index in [0.29, 0.717) is 41.6 Å². The van der Waals surface area contributed by atoms with Crippen LogP contribution in [0, 0.1) is 5.92 Å². The number of aromatic nitrogens is 3. The lowest BCUT2D eigenvalue weighted by molar-refractivity contribution is -0.137. The molecule has 11 heteroatoms. The van der Waals surface area contributed by atoms with E-state index in [1.54, 1.807) is 10.9 Å². The van der Waals surface area contributed by atoms with Gasteiger partial charge in [-0.1, -0.05) is 24.8 Å². The maximum atomic E-state index is 13.3. The number of allylic oxidation sites excluding steroid dienone is 2. The quantitative estimate of drug-likeness (QED) is 0.397. The standard InChI is InChI=1S/C26H23F4N5O2/c1-14(27)25(37)34-12-19(13-34)35-23-20(15-2-4-17(5-3-15)24(31)36)10-11-32-22(23)21(33-35)16-6-8-18(9-7-16)26(28,29)30/h2,6-11,17,19H,1,3-5,12-13H2,(H2,31,36). The van der Waals surface area contributed by atoms with E-state index >= 15 is 0 Å². The van der Waals surface area contributed by atoms with E-state index in [9.17, 15) is 27.2 Å². The Bertz CT molecular complexity index is 1440. The largest absolute Gasteiger partial charge is 0.416 e. The molecule has 0 spiro atoms. The van der Waals surface area contributed by atoms with E-state index in [-0.39, 0.29) is 31.0 Å². The monoisotopic (exact) mass is 513 g/mol. The fourth-order valence-corrected chi connectivity index (χ4v) is 4.88. The van der Waals surface area contributed by atoms with Gasteiger partial charge in [0.1, 0.15) is 11.2 Å². The number of hydrogen-bond acceptors (Lipinski definition) is 4. The summed E-state index contributed by atoms with van der Waals surface area (Å²) < 4.78 is 54.4. The third-order valence-corrected chi connectivity index (χ3v) is 6.96. The van der Waals surface area contributed by atoms with Crippen LogP contribution in [0.25, 0.3) is 27.9 Å². The maximum Gasteiger partial charge on any atom is 0.416 e. The van der Waals surface area contributed by atoms with Gasteiger partial charge in [0, 0.05) is 36.3 Å². The molecule has 2 N–H and O–H groups in total. The lowest BCUT2D eigenvalue weighted by Gasteiger charge is -2.39. The molecule has 0 saturated carbocycles. The first-order valence-electron chi connectivity index (χ1n) is 11.7. The zero-order valence-electron chi connectivity index (χ0n) is 19.6. The van der Waals surface area contributed by atoms with Crippen LogP contribution in [0.3, 0.4) is 0 Å². The minimum absolute atomic E-state index is 0.197. The number of carbonyl (C=O) groups excluding carboxylic acids is 2. The lowest BCUT2D eigenvalue weighted by atomic mass is 9.86. The van der Waals surface area contributed by atoms with Crippen molar-refractivity contribution in [2.24, 2.45) is 11.7 Å². The molecule has 192 valence electrons. The highest BCUT2D eigenvalue weighted by Gasteiger charge is 2.36. The molecule has 3 aromatic rings. The number of primary amides is 1. The number of rotatable bonds is 5. The van der Waals surface area contributed by atoms with E-state index in [1.165, 1.54) is 17.0 Å². The van der Waals surface area contributed by atoms with Gasteiger partial charge in [0.15, 0.2) is 5.83 Å². The highest BCUT2D eigenvalue weighted by atomic mass is 19.4. The Morgan fingerprint density at radius 3 is 2.38 bits per heavy atom. The molecule has 1 aromatic carbocycles. The Labute approximate surface area is 209 Å². The fraction of sp³-hybridized carbons (Fsp3) is 0.308. The average Bonchev–Trinajstić information content (AvgIpc) is 3.22. The van der Waals surface area contributed by atoms with Gasteiger partial charge in [-0.15, -0.1) is 0 Å². The number of pyridine rings is 1. The van der Waals surface area contributed by atoms with Gasteiger partial charge in [-0.05, 0) is 43.0 Å². The summed E-state index contributed by atoms with van der Waals surface area (Å²) >= 11 is 0. The van der Waals surface area contributed by atoms with Crippen LogP contribution in [0.4, 0.5) is 17.6 Å². The molecule has 2 amide bonds. The van der Waals surface area contributed by atoms with Crippen LogP contribution in [0.5, 0.6) is 0 Å². The minimum Gasteiger partial charge on any atom is -0.369 e. The van der Waals surface area contributed by atoms with E-state index < -0.39 is 23.5 Å². The Kier molecular flexibility index (Phi) is 6.09. The third-order valence-electron chi connectivity index (χ3n) is 6.96. The van der Waals surface area contributed by atoms with Crippen LogP contribution < -0.4 is 5.73 Å². The molecule has 1 aliphatic carbocycles. The second kappa shape index (κ2) is 9.13. The number of amides is 2. The van der Waals surface area contributed by atoms with Crippen LogP contribution in [0.15, 0.2) is 55.0 Å². The van der Waals surface area contributed by atoms with Crippen LogP contribution in [0.1, 0.15) is 36.4 Å². The van der Waals surface area contributed by atoms with Gasteiger partial charge in [0.05, 0.1) is 17.1 Å². The number of fused-ring (bicyclic) bond motifs is 1. The Hall–Kier alpha value is -4.02. The summed E-state index contributed by atoms with van der Waals surface area (Å²) in [7, 11) is 0. The molecule has 0 bridgehead atoms. The second-order valence-corrected chi connectivity index (χ2v) is 9.30. The molecule has 1 unspecified atom stereocenters. The Morgan fingerprint density at radius 2 is 1.81 bits per heavy atom. The minimum atomic E-state index is -4.47. The van der Waals surface area contributed by atoms with Crippen molar-refractivity contribution in [2.45, 2.75) is 31.5 Å². The zero-order valence-corrected chi connectivity index (χ0v) is 19.6. The van der Waals surface area contributed by atoms with E-state index in [0.717, 1.165) is 23.3 Å². The van der Waals surface area contributed by atoms with Gasteiger partial charge in [0.2, 0.25) is 5.91 Å². The number of alkyl halides is 3. The molecule has 37 heavy (non-hydrogen) atoms. The zero-order chi connectivity index (χ0) is 26.5. The first-order valence-corrected chi connectivity index (χ1v) is 11.7. The van der Waals surface area contributed by atoms with Crippen LogP contribution in [-0.2, 0) is 15.8 Å². The predicted octanol–water partition coefficient (Wildman–Crippen LogP) is 4.65. The summed E-state index contributed by atoms with van der Waals surface area (Å²) in [6, 6.07) is 6.23. The average molecular weight is 513 g/mol. The normalized spacial score (nSPS) is 18.4. The summed E-state index contributed by atoms with van der Waals surface area (Å²) in [6.45, 7) is 3.45. The number of nitrogens with zero attached hydrogens (tertiary/aromatic N) is 4. The number of hydrogen-bond donors (Lipinski definition) is 1. The summed E-state index contributed by atoms with van der Waals surface area (Å²) in [4.78, 5) is 29.4. The Balaban J connectivity index is 1.60. The summed E-state index contributed by atoms with van der Waals surface area (Å²) in [5.41, 5.74) is 8.52. The number of nitrogens with two attached hydrogens (primary N) is 1. The molecule has 1 fully saturated rings. The third kappa shape index (κ3) is 4.49.